The molecule has 0 nitrogen and oxygen atoms in total. The molecule has 126 valence electrons. The van der Waals surface area contributed by atoms with Crippen molar-refractivity contribution in [3.05, 3.63) is 42.5 Å². The SMILES string of the molecule is CCCCCCCCCCCC[Te]c1cccc2ccccc12. The third kappa shape index (κ3) is 7.28. The number of hydrogen-bond donors (Lipinski definition) is 0. The summed E-state index contributed by atoms with van der Waals surface area (Å²) in [4.78, 5) is 0. The van der Waals surface area contributed by atoms with Crippen molar-refractivity contribution in [1.82, 2.24) is 0 Å². The summed E-state index contributed by atoms with van der Waals surface area (Å²) in [5, 5.41) is 2.92. The summed E-state index contributed by atoms with van der Waals surface area (Å²) in [7, 11) is 0. The molecule has 0 fully saturated rings. The first kappa shape index (κ1) is 18.8. The molecule has 2 aromatic carbocycles. The van der Waals surface area contributed by atoms with Crippen LogP contribution in [0.25, 0.3) is 10.8 Å². The molecule has 0 bridgehead atoms. The van der Waals surface area contributed by atoms with Crippen molar-refractivity contribution in [3.63, 3.8) is 0 Å². The maximum atomic E-state index is 2.36. The second-order valence-electron chi connectivity index (χ2n) is 6.51. The van der Waals surface area contributed by atoms with Gasteiger partial charge < -0.3 is 0 Å². The van der Waals surface area contributed by atoms with Crippen molar-refractivity contribution < 1.29 is 0 Å². The van der Waals surface area contributed by atoms with Crippen LogP contribution in [0.15, 0.2) is 42.5 Å². The average molecular weight is 424 g/mol. The number of unbranched alkanes of at least 4 members (excludes halogenated alkanes) is 9. The van der Waals surface area contributed by atoms with Crippen molar-refractivity contribution in [1.29, 1.82) is 0 Å². The van der Waals surface area contributed by atoms with Crippen molar-refractivity contribution in [2.24, 2.45) is 0 Å². The third-order valence-corrected chi connectivity index (χ3v) is 7.82. The quantitative estimate of drug-likeness (QED) is 0.269. The van der Waals surface area contributed by atoms with Crippen molar-refractivity contribution in [2.75, 3.05) is 0 Å². The predicted octanol–water partition coefficient (Wildman–Crippen LogP) is 6.51. The van der Waals surface area contributed by atoms with E-state index >= 15 is 0 Å². The second kappa shape index (κ2) is 11.9. The van der Waals surface area contributed by atoms with Crippen LogP contribution in [-0.2, 0) is 0 Å². The molecular formula is C22H32Te. The predicted molar refractivity (Wildman–Crippen MR) is 106 cm³/mol. The summed E-state index contributed by atoms with van der Waals surface area (Å²) in [5.41, 5.74) is 0. The van der Waals surface area contributed by atoms with Gasteiger partial charge >= 0.3 is 153 Å². The fourth-order valence-electron chi connectivity index (χ4n) is 3.09. The van der Waals surface area contributed by atoms with E-state index in [1.165, 1.54) is 79.4 Å². The van der Waals surface area contributed by atoms with Crippen LogP contribution >= 0.6 is 0 Å². The van der Waals surface area contributed by atoms with E-state index < -0.39 is 0 Å². The Labute approximate surface area is 153 Å². The zero-order valence-electron chi connectivity index (χ0n) is 14.7. The number of hydrogen-bond acceptors (Lipinski definition) is 0. The zero-order valence-corrected chi connectivity index (χ0v) is 17.1. The van der Waals surface area contributed by atoms with E-state index in [-0.39, 0.29) is 20.9 Å². The first-order valence-corrected chi connectivity index (χ1v) is 12.3. The first-order valence-electron chi connectivity index (χ1n) is 9.52. The van der Waals surface area contributed by atoms with Gasteiger partial charge in [0.15, 0.2) is 0 Å². The standard InChI is InChI=1S/C22H32Te/c1-2-3-4-5-6-7-8-9-10-13-19-23-22-18-14-16-20-15-11-12-17-21(20)22/h11-12,14-18H,2-10,13,19H2,1H3. The van der Waals surface area contributed by atoms with Crippen molar-refractivity contribution in [3.8, 4) is 0 Å². The van der Waals surface area contributed by atoms with E-state index in [1.54, 1.807) is 3.61 Å². The molecule has 0 aliphatic rings. The Balaban J connectivity index is 1.54. The van der Waals surface area contributed by atoms with Gasteiger partial charge in [0.2, 0.25) is 0 Å². The van der Waals surface area contributed by atoms with Crippen LogP contribution < -0.4 is 3.61 Å². The van der Waals surface area contributed by atoms with Gasteiger partial charge in [-0.1, -0.05) is 0 Å². The van der Waals surface area contributed by atoms with Gasteiger partial charge in [-0.05, 0) is 0 Å². The summed E-state index contributed by atoms with van der Waals surface area (Å²) >= 11 is -0.00227. The van der Waals surface area contributed by atoms with E-state index in [0.29, 0.717) is 0 Å². The molecule has 0 atom stereocenters. The van der Waals surface area contributed by atoms with Crippen LogP contribution in [0, 0.1) is 0 Å². The zero-order chi connectivity index (χ0) is 16.2. The fraction of sp³-hybridized carbons (Fsp3) is 0.545. The Bertz CT molecular complexity index is 541. The summed E-state index contributed by atoms with van der Waals surface area (Å²) in [6, 6.07) is 15.7. The summed E-state index contributed by atoms with van der Waals surface area (Å²) in [6.07, 6.45) is 14.4. The van der Waals surface area contributed by atoms with Gasteiger partial charge in [-0.25, -0.2) is 0 Å². The molecule has 0 radical (unpaired) electrons. The van der Waals surface area contributed by atoms with Crippen LogP contribution in [0.5, 0.6) is 0 Å². The number of fused-ring (bicyclic) bond motifs is 1. The minimum atomic E-state index is -0.00227. The van der Waals surface area contributed by atoms with Crippen LogP contribution in [0.4, 0.5) is 0 Å². The molecule has 0 spiro atoms. The maximum absolute atomic E-state index is 2.36. The summed E-state index contributed by atoms with van der Waals surface area (Å²) < 4.78 is 3.12. The Morgan fingerprint density at radius 3 is 2.00 bits per heavy atom. The summed E-state index contributed by atoms with van der Waals surface area (Å²) in [5.74, 6) is 0. The van der Waals surface area contributed by atoms with E-state index in [2.05, 4.69) is 49.4 Å². The van der Waals surface area contributed by atoms with E-state index in [1.807, 2.05) is 0 Å². The average Bonchev–Trinajstić information content (AvgIpc) is 2.60. The molecule has 0 unspecified atom stereocenters. The monoisotopic (exact) mass is 426 g/mol. The van der Waals surface area contributed by atoms with E-state index in [9.17, 15) is 0 Å². The molecule has 0 aliphatic heterocycles. The Morgan fingerprint density at radius 1 is 0.652 bits per heavy atom. The normalized spacial score (nSPS) is 11.2. The molecule has 0 heterocycles. The van der Waals surface area contributed by atoms with Gasteiger partial charge in [0.1, 0.15) is 0 Å². The fourth-order valence-corrected chi connectivity index (χ4v) is 6.19. The molecule has 0 aliphatic carbocycles. The molecule has 2 rings (SSSR count). The van der Waals surface area contributed by atoms with Crippen molar-refractivity contribution in [2.45, 2.75) is 75.6 Å². The molecule has 23 heavy (non-hydrogen) atoms. The molecule has 2 aromatic rings. The Hall–Kier alpha value is -0.510. The first-order chi connectivity index (χ1) is 11.4. The van der Waals surface area contributed by atoms with Gasteiger partial charge in [-0.2, -0.15) is 0 Å². The van der Waals surface area contributed by atoms with Crippen LogP contribution in [0.3, 0.4) is 0 Å². The molecule has 0 aromatic heterocycles. The number of benzene rings is 2. The topological polar surface area (TPSA) is 0 Å². The molecule has 0 saturated heterocycles. The van der Waals surface area contributed by atoms with Gasteiger partial charge in [-0.3, -0.25) is 0 Å². The van der Waals surface area contributed by atoms with Gasteiger partial charge in [0.05, 0.1) is 0 Å². The van der Waals surface area contributed by atoms with E-state index in [0.717, 1.165) is 0 Å². The molecule has 1 heteroatoms. The Kier molecular flexibility index (Phi) is 9.77. The third-order valence-electron chi connectivity index (χ3n) is 4.51. The second-order valence-corrected chi connectivity index (χ2v) is 9.75. The van der Waals surface area contributed by atoms with Crippen LogP contribution in [-0.4, -0.2) is 20.9 Å². The Morgan fingerprint density at radius 2 is 1.26 bits per heavy atom. The van der Waals surface area contributed by atoms with Gasteiger partial charge in [-0.15, -0.1) is 0 Å². The van der Waals surface area contributed by atoms with Gasteiger partial charge in [0, 0.05) is 0 Å². The van der Waals surface area contributed by atoms with E-state index in [4.69, 9.17) is 0 Å². The molecular weight excluding hydrogens is 392 g/mol. The molecule has 0 saturated carbocycles. The van der Waals surface area contributed by atoms with Crippen LogP contribution in [0.1, 0.15) is 71.1 Å². The minimum absolute atomic E-state index is 0.00227. The molecule has 0 amide bonds. The van der Waals surface area contributed by atoms with Crippen LogP contribution in [0.2, 0.25) is 4.47 Å². The van der Waals surface area contributed by atoms with Gasteiger partial charge in [0.25, 0.3) is 0 Å². The summed E-state index contributed by atoms with van der Waals surface area (Å²) in [6.45, 7) is 2.29. The number of rotatable bonds is 12. The van der Waals surface area contributed by atoms with Crippen molar-refractivity contribution >= 4 is 35.3 Å². The molecule has 0 N–H and O–H groups in total.